The Hall–Kier alpha value is -2.13. The van der Waals surface area contributed by atoms with Crippen LogP contribution in [0.25, 0.3) is 0 Å². The first-order valence-corrected chi connectivity index (χ1v) is 8.72. The zero-order valence-corrected chi connectivity index (χ0v) is 14.9. The van der Waals surface area contributed by atoms with Gasteiger partial charge >= 0.3 is 5.69 Å². The maximum Gasteiger partial charge on any atom is 0.343 e. The van der Waals surface area contributed by atoms with Crippen LogP contribution in [0, 0.1) is 5.82 Å². The number of aromatic amines is 1. The van der Waals surface area contributed by atoms with E-state index in [1.54, 1.807) is 26.2 Å². The van der Waals surface area contributed by atoms with Gasteiger partial charge in [-0.3, -0.25) is 9.36 Å². The zero-order valence-electron chi connectivity index (χ0n) is 14.1. The van der Waals surface area contributed by atoms with Gasteiger partial charge in [0.1, 0.15) is 5.82 Å². The standard InChI is InChI=1S/C16H21FN4O3S/c1-11(14(22)18-10-12-4-6-13(17)7-5-12)25-16-20-19-15(23)21(16)8-3-9-24-2/h4-7,11H,3,8-10H2,1-2H3,(H,18,22)(H,19,23). The van der Waals surface area contributed by atoms with Gasteiger partial charge < -0.3 is 10.1 Å². The summed E-state index contributed by atoms with van der Waals surface area (Å²) in [7, 11) is 1.60. The summed E-state index contributed by atoms with van der Waals surface area (Å²) in [6, 6.07) is 5.94. The van der Waals surface area contributed by atoms with Crippen molar-refractivity contribution in [3.8, 4) is 0 Å². The molecular formula is C16H21FN4O3S. The van der Waals surface area contributed by atoms with Crippen LogP contribution in [0.15, 0.2) is 34.2 Å². The first kappa shape index (κ1) is 19.2. The van der Waals surface area contributed by atoms with Crippen LogP contribution in [0.5, 0.6) is 0 Å². The van der Waals surface area contributed by atoms with Crippen LogP contribution in [0.1, 0.15) is 18.9 Å². The summed E-state index contributed by atoms with van der Waals surface area (Å²) in [6.07, 6.45) is 0.675. The molecule has 1 unspecified atom stereocenters. The molecule has 2 rings (SSSR count). The molecule has 0 saturated carbocycles. The molecule has 0 aliphatic heterocycles. The largest absolute Gasteiger partial charge is 0.385 e. The third-order valence-corrected chi connectivity index (χ3v) is 4.57. The molecule has 1 aromatic carbocycles. The molecule has 7 nitrogen and oxygen atoms in total. The van der Waals surface area contributed by atoms with Crippen molar-refractivity contribution in [2.24, 2.45) is 0 Å². The Morgan fingerprint density at radius 1 is 1.44 bits per heavy atom. The van der Waals surface area contributed by atoms with E-state index in [1.165, 1.54) is 28.5 Å². The Balaban J connectivity index is 1.90. The monoisotopic (exact) mass is 368 g/mol. The van der Waals surface area contributed by atoms with Gasteiger partial charge in [0.15, 0.2) is 5.16 Å². The minimum atomic E-state index is -0.433. The number of nitrogens with one attached hydrogen (secondary N) is 2. The van der Waals surface area contributed by atoms with Crippen molar-refractivity contribution in [1.29, 1.82) is 0 Å². The number of halogens is 1. The SMILES string of the molecule is COCCCn1c(SC(C)C(=O)NCc2ccc(F)cc2)n[nH]c1=O. The lowest BCUT2D eigenvalue weighted by atomic mass is 10.2. The quantitative estimate of drug-likeness (QED) is 0.518. The number of amides is 1. The number of carbonyl (C=O) groups excluding carboxylic acids is 1. The highest BCUT2D eigenvalue weighted by Crippen LogP contribution is 2.20. The Bertz CT molecular complexity index is 745. The predicted octanol–water partition coefficient (Wildman–Crippen LogP) is 1.54. The Labute approximate surface area is 149 Å². The van der Waals surface area contributed by atoms with Gasteiger partial charge in [-0.2, -0.15) is 0 Å². The molecule has 0 spiro atoms. The fraction of sp³-hybridized carbons (Fsp3) is 0.438. The van der Waals surface area contributed by atoms with Crippen LogP contribution >= 0.6 is 11.8 Å². The molecule has 9 heteroatoms. The van der Waals surface area contributed by atoms with Crippen molar-refractivity contribution in [1.82, 2.24) is 20.1 Å². The van der Waals surface area contributed by atoms with Crippen molar-refractivity contribution < 1.29 is 13.9 Å². The normalized spacial score (nSPS) is 12.1. The second kappa shape index (κ2) is 9.38. The van der Waals surface area contributed by atoms with Gasteiger partial charge in [0, 0.05) is 26.8 Å². The minimum Gasteiger partial charge on any atom is -0.385 e. The van der Waals surface area contributed by atoms with Crippen molar-refractivity contribution in [2.75, 3.05) is 13.7 Å². The number of nitrogens with zero attached hydrogens (tertiary/aromatic N) is 2. The summed E-state index contributed by atoms with van der Waals surface area (Å²) < 4.78 is 19.3. The van der Waals surface area contributed by atoms with Crippen molar-refractivity contribution >= 4 is 17.7 Å². The van der Waals surface area contributed by atoms with E-state index >= 15 is 0 Å². The van der Waals surface area contributed by atoms with Gasteiger partial charge in [-0.05, 0) is 31.0 Å². The average Bonchev–Trinajstić information content (AvgIpc) is 2.94. The number of aromatic nitrogens is 3. The van der Waals surface area contributed by atoms with Crippen LogP contribution < -0.4 is 11.0 Å². The van der Waals surface area contributed by atoms with E-state index in [-0.39, 0.29) is 17.4 Å². The van der Waals surface area contributed by atoms with Crippen molar-refractivity contribution in [2.45, 2.75) is 36.8 Å². The summed E-state index contributed by atoms with van der Waals surface area (Å²) in [6.45, 7) is 3.05. The van der Waals surface area contributed by atoms with Gasteiger partial charge in [0.05, 0.1) is 5.25 Å². The van der Waals surface area contributed by atoms with Crippen LogP contribution in [0.2, 0.25) is 0 Å². The molecular weight excluding hydrogens is 347 g/mol. The van der Waals surface area contributed by atoms with Crippen molar-refractivity contribution in [3.05, 3.63) is 46.1 Å². The number of methoxy groups -OCH3 is 1. The minimum absolute atomic E-state index is 0.187. The highest BCUT2D eigenvalue weighted by atomic mass is 32.2. The molecule has 0 fully saturated rings. The van der Waals surface area contributed by atoms with Gasteiger partial charge in [0.25, 0.3) is 0 Å². The molecule has 2 N–H and O–H groups in total. The van der Waals surface area contributed by atoms with Gasteiger partial charge in [-0.15, -0.1) is 5.10 Å². The molecule has 0 radical (unpaired) electrons. The number of rotatable bonds is 9. The van der Waals surface area contributed by atoms with E-state index in [1.807, 2.05) is 0 Å². The summed E-state index contributed by atoms with van der Waals surface area (Å²) in [5.41, 5.74) is 0.501. The summed E-state index contributed by atoms with van der Waals surface area (Å²) in [5.74, 6) is -0.503. The lowest BCUT2D eigenvalue weighted by molar-refractivity contribution is -0.120. The molecule has 1 aromatic heterocycles. The molecule has 0 aliphatic rings. The zero-order chi connectivity index (χ0) is 18.2. The molecule has 0 bridgehead atoms. The van der Waals surface area contributed by atoms with Crippen LogP contribution in [-0.4, -0.2) is 39.6 Å². The Morgan fingerprint density at radius 3 is 2.84 bits per heavy atom. The van der Waals surface area contributed by atoms with E-state index in [2.05, 4.69) is 15.5 Å². The van der Waals surface area contributed by atoms with E-state index in [4.69, 9.17) is 4.74 Å². The molecule has 2 aromatic rings. The molecule has 25 heavy (non-hydrogen) atoms. The highest BCUT2D eigenvalue weighted by Gasteiger charge is 2.18. The van der Waals surface area contributed by atoms with Gasteiger partial charge in [-0.25, -0.2) is 14.3 Å². The third kappa shape index (κ3) is 5.71. The predicted molar refractivity (Wildman–Crippen MR) is 92.9 cm³/mol. The van der Waals surface area contributed by atoms with E-state index in [0.29, 0.717) is 31.3 Å². The molecule has 1 amide bonds. The number of carbonyl (C=O) groups is 1. The fourth-order valence-corrected chi connectivity index (χ4v) is 3.01. The Kier molecular flexibility index (Phi) is 7.20. The third-order valence-electron chi connectivity index (χ3n) is 3.48. The second-order valence-corrected chi connectivity index (χ2v) is 6.72. The number of H-pyrrole nitrogens is 1. The molecule has 0 saturated heterocycles. The van der Waals surface area contributed by atoms with Crippen LogP contribution in [0.4, 0.5) is 4.39 Å². The van der Waals surface area contributed by atoms with Crippen LogP contribution in [-0.2, 0) is 22.6 Å². The number of ether oxygens (including phenoxy) is 1. The maximum atomic E-state index is 12.9. The molecule has 136 valence electrons. The summed E-state index contributed by atoms with van der Waals surface area (Å²) in [5, 5.41) is 9.19. The summed E-state index contributed by atoms with van der Waals surface area (Å²) >= 11 is 1.20. The second-order valence-electron chi connectivity index (χ2n) is 5.41. The van der Waals surface area contributed by atoms with Gasteiger partial charge in [0.2, 0.25) is 5.91 Å². The number of hydrogen-bond acceptors (Lipinski definition) is 5. The summed E-state index contributed by atoms with van der Waals surface area (Å²) in [4.78, 5) is 24.0. The highest BCUT2D eigenvalue weighted by molar-refractivity contribution is 8.00. The lowest BCUT2D eigenvalue weighted by Gasteiger charge is -2.12. The Morgan fingerprint density at radius 2 is 2.16 bits per heavy atom. The number of benzene rings is 1. The van der Waals surface area contributed by atoms with Crippen molar-refractivity contribution in [3.63, 3.8) is 0 Å². The first-order valence-electron chi connectivity index (χ1n) is 7.84. The van der Waals surface area contributed by atoms with E-state index in [0.717, 1.165) is 5.56 Å². The molecule has 0 aliphatic carbocycles. The smallest absolute Gasteiger partial charge is 0.343 e. The maximum absolute atomic E-state index is 12.9. The number of hydrogen-bond donors (Lipinski definition) is 2. The first-order chi connectivity index (χ1) is 12.0. The lowest BCUT2D eigenvalue weighted by Crippen LogP contribution is -2.31. The van der Waals surface area contributed by atoms with Gasteiger partial charge in [-0.1, -0.05) is 23.9 Å². The fourth-order valence-electron chi connectivity index (χ4n) is 2.10. The molecule has 1 heterocycles. The molecule has 1 atom stereocenters. The average molecular weight is 368 g/mol. The topological polar surface area (TPSA) is 89.0 Å². The number of thioether (sulfide) groups is 1. The van der Waals surface area contributed by atoms with E-state index < -0.39 is 5.25 Å². The van der Waals surface area contributed by atoms with Crippen LogP contribution in [0.3, 0.4) is 0 Å². The van der Waals surface area contributed by atoms with E-state index in [9.17, 15) is 14.0 Å².